The summed E-state index contributed by atoms with van der Waals surface area (Å²) in [6, 6.07) is 7.10. The number of amides is 1. The number of ether oxygens (including phenoxy) is 1. The average molecular weight is 538 g/mol. The maximum absolute atomic E-state index is 12.8. The van der Waals surface area contributed by atoms with Gasteiger partial charge in [-0.05, 0) is 51.3 Å². The molecule has 7 heteroatoms. The molecule has 1 heterocycles. The van der Waals surface area contributed by atoms with Gasteiger partial charge in [-0.2, -0.15) is 0 Å². The summed E-state index contributed by atoms with van der Waals surface area (Å²) in [7, 11) is 4.19. The molecule has 0 saturated carbocycles. The Morgan fingerprint density at radius 2 is 1.74 bits per heavy atom. The summed E-state index contributed by atoms with van der Waals surface area (Å²) in [6.07, 6.45) is 5.53. The lowest BCUT2D eigenvalue weighted by Gasteiger charge is -2.32. The molecule has 0 unspecified atom stereocenters. The van der Waals surface area contributed by atoms with Gasteiger partial charge in [-0.15, -0.1) is 0 Å². The highest BCUT2D eigenvalue weighted by Gasteiger charge is 2.23. The smallest absolute Gasteiger partial charge is 0.336 e. The molecule has 0 N–H and O–H groups in total. The SMILES string of the molecule is CCCN(CCC)C(=O)C[N+](C)(C)CCCOc1ccc2ccc(=O)oc2c1CC=C(C)C.[Br-]. The molecule has 0 spiro atoms. The molecule has 0 atom stereocenters. The number of rotatable bonds is 13. The normalized spacial score (nSPS) is 11.1. The van der Waals surface area contributed by atoms with E-state index in [1.54, 1.807) is 6.07 Å². The van der Waals surface area contributed by atoms with E-state index in [0.717, 1.165) is 55.6 Å². The first-order valence-corrected chi connectivity index (χ1v) is 12.1. The summed E-state index contributed by atoms with van der Waals surface area (Å²) in [5.41, 5.74) is 2.32. The lowest BCUT2D eigenvalue weighted by molar-refractivity contribution is -0.882. The van der Waals surface area contributed by atoms with E-state index >= 15 is 0 Å². The van der Waals surface area contributed by atoms with Gasteiger partial charge in [0.2, 0.25) is 0 Å². The summed E-state index contributed by atoms with van der Waals surface area (Å²) in [5, 5.41) is 0.888. The number of likely N-dealkylation sites (N-methyl/N-ethyl adjacent to an activating group) is 1. The molecular formula is C27H41BrN2O4. The molecule has 1 amide bonds. The van der Waals surface area contributed by atoms with E-state index in [1.165, 1.54) is 11.6 Å². The summed E-state index contributed by atoms with van der Waals surface area (Å²) < 4.78 is 12.3. The lowest BCUT2D eigenvalue weighted by atomic mass is 10.1. The number of carbonyl (C=O) groups excluding carboxylic acids is 1. The zero-order valence-corrected chi connectivity index (χ0v) is 23.2. The number of halogens is 1. The third-order valence-electron chi connectivity index (χ3n) is 5.63. The van der Waals surface area contributed by atoms with Gasteiger partial charge in [-0.3, -0.25) is 4.79 Å². The molecule has 0 radical (unpaired) electrons. The third kappa shape index (κ3) is 9.26. The molecule has 1 aromatic carbocycles. The number of allylic oxidation sites excluding steroid dienone is 2. The van der Waals surface area contributed by atoms with Crippen LogP contribution in [0.15, 0.2) is 45.1 Å². The van der Waals surface area contributed by atoms with Crippen molar-refractivity contribution >= 4 is 16.9 Å². The Bertz CT molecular complexity index is 1000. The van der Waals surface area contributed by atoms with Crippen LogP contribution in [0.25, 0.3) is 11.0 Å². The van der Waals surface area contributed by atoms with E-state index in [9.17, 15) is 9.59 Å². The highest BCUT2D eigenvalue weighted by Crippen LogP contribution is 2.28. The molecular weight excluding hydrogens is 496 g/mol. The second-order valence-corrected chi connectivity index (χ2v) is 9.60. The minimum absolute atomic E-state index is 0. The molecule has 0 bridgehead atoms. The number of carbonyl (C=O) groups is 1. The Morgan fingerprint density at radius 1 is 1.09 bits per heavy atom. The van der Waals surface area contributed by atoms with E-state index in [4.69, 9.17) is 9.15 Å². The zero-order chi connectivity index (χ0) is 24.4. The van der Waals surface area contributed by atoms with Gasteiger partial charge in [0.05, 0.1) is 27.2 Å². The maximum atomic E-state index is 12.8. The van der Waals surface area contributed by atoms with Gasteiger partial charge in [0.25, 0.3) is 5.91 Å². The number of quaternary nitrogens is 1. The molecule has 1 aromatic heterocycles. The predicted octanol–water partition coefficient (Wildman–Crippen LogP) is 1.80. The quantitative estimate of drug-likeness (QED) is 0.169. The van der Waals surface area contributed by atoms with E-state index < -0.39 is 0 Å². The summed E-state index contributed by atoms with van der Waals surface area (Å²) in [4.78, 5) is 26.6. The molecule has 0 aliphatic carbocycles. The van der Waals surface area contributed by atoms with Crippen molar-refractivity contribution in [1.29, 1.82) is 0 Å². The average Bonchev–Trinajstić information content (AvgIpc) is 2.74. The van der Waals surface area contributed by atoms with Crippen LogP contribution in [0.2, 0.25) is 0 Å². The molecule has 0 saturated heterocycles. The Kier molecular flexibility index (Phi) is 12.6. The van der Waals surface area contributed by atoms with Crippen molar-refractivity contribution in [2.45, 2.75) is 53.4 Å². The highest BCUT2D eigenvalue weighted by molar-refractivity contribution is 5.82. The highest BCUT2D eigenvalue weighted by atomic mass is 79.9. The first kappa shape index (κ1) is 29.9. The number of benzene rings is 1. The van der Waals surface area contributed by atoms with Crippen LogP contribution in [0, 0.1) is 0 Å². The zero-order valence-electron chi connectivity index (χ0n) is 21.7. The van der Waals surface area contributed by atoms with Crippen LogP contribution in [0.5, 0.6) is 5.75 Å². The number of hydrogen-bond acceptors (Lipinski definition) is 4. The van der Waals surface area contributed by atoms with Crippen molar-refractivity contribution in [3.63, 3.8) is 0 Å². The van der Waals surface area contributed by atoms with Crippen molar-refractivity contribution in [2.75, 3.05) is 46.9 Å². The van der Waals surface area contributed by atoms with Crippen molar-refractivity contribution in [2.24, 2.45) is 0 Å². The van der Waals surface area contributed by atoms with Gasteiger partial charge in [0.15, 0.2) is 6.54 Å². The molecule has 190 valence electrons. The second-order valence-electron chi connectivity index (χ2n) is 9.60. The number of nitrogens with zero attached hydrogens (tertiary/aromatic N) is 2. The van der Waals surface area contributed by atoms with E-state index in [0.29, 0.717) is 29.6 Å². The van der Waals surface area contributed by atoms with Crippen molar-refractivity contribution in [3.8, 4) is 5.75 Å². The topological polar surface area (TPSA) is 59.8 Å². The minimum atomic E-state index is -0.359. The standard InChI is InChI=1S/C27H41N2O4.BrH/c1-7-16-28(17-8-2)25(30)20-29(5,6)18-9-19-32-24-14-11-22-12-15-26(31)33-27(22)23(24)13-10-21(3)4;/h10-12,14-15H,7-9,13,16-20H2,1-6H3;1H/q+1;/p-1. The van der Waals surface area contributed by atoms with E-state index in [1.807, 2.05) is 30.9 Å². The minimum Gasteiger partial charge on any atom is -1.00 e. The summed E-state index contributed by atoms with van der Waals surface area (Å²) in [6.45, 7) is 11.8. The van der Waals surface area contributed by atoms with Gasteiger partial charge in [0.1, 0.15) is 11.3 Å². The number of hydrogen-bond donors (Lipinski definition) is 0. The van der Waals surface area contributed by atoms with Crippen LogP contribution in [-0.2, 0) is 11.2 Å². The van der Waals surface area contributed by atoms with Gasteiger partial charge >= 0.3 is 5.63 Å². The molecule has 34 heavy (non-hydrogen) atoms. The van der Waals surface area contributed by atoms with Crippen LogP contribution in [0.4, 0.5) is 0 Å². The monoisotopic (exact) mass is 536 g/mol. The van der Waals surface area contributed by atoms with Crippen LogP contribution < -0.4 is 27.3 Å². The predicted molar refractivity (Wildman–Crippen MR) is 135 cm³/mol. The Balaban J connectivity index is 0.00000578. The molecule has 0 aliphatic rings. The fourth-order valence-corrected chi connectivity index (χ4v) is 3.93. The van der Waals surface area contributed by atoms with Crippen molar-refractivity contribution in [3.05, 3.63) is 51.9 Å². The fraction of sp³-hybridized carbons (Fsp3) is 0.556. The molecule has 0 aliphatic heterocycles. The van der Waals surface area contributed by atoms with Crippen LogP contribution in [-0.4, -0.2) is 62.2 Å². The van der Waals surface area contributed by atoms with Crippen LogP contribution in [0.3, 0.4) is 0 Å². The summed E-state index contributed by atoms with van der Waals surface area (Å²) in [5.74, 6) is 0.964. The van der Waals surface area contributed by atoms with Gasteiger partial charge in [-0.1, -0.05) is 25.5 Å². The van der Waals surface area contributed by atoms with E-state index in [-0.39, 0.29) is 28.5 Å². The van der Waals surface area contributed by atoms with Crippen molar-refractivity contribution in [1.82, 2.24) is 4.90 Å². The molecule has 6 nitrogen and oxygen atoms in total. The van der Waals surface area contributed by atoms with Gasteiger partial charge < -0.3 is 35.5 Å². The molecule has 0 fully saturated rings. The third-order valence-corrected chi connectivity index (χ3v) is 5.63. The first-order valence-electron chi connectivity index (χ1n) is 12.1. The molecule has 2 rings (SSSR count). The van der Waals surface area contributed by atoms with Crippen LogP contribution >= 0.6 is 0 Å². The fourth-order valence-electron chi connectivity index (χ4n) is 3.93. The largest absolute Gasteiger partial charge is 1.00 e. The lowest BCUT2D eigenvalue weighted by Crippen LogP contribution is -3.00. The van der Waals surface area contributed by atoms with Gasteiger partial charge in [0, 0.05) is 36.5 Å². The Morgan fingerprint density at radius 3 is 2.35 bits per heavy atom. The Labute approximate surface area is 214 Å². The van der Waals surface area contributed by atoms with Crippen LogP contribution in [0.1, 0.15) is 52.5 Å². The Hall–Kier alpha value is -2.12. The van der Waals surface area contributed by atoms with E-state index in [2.05, 4.69) is 34.0 Å². The maximum Gasteiger partial charge on any atom is 0.336 e. The van der Waals surface area contributed by atoms with Gasteiger partial charge in [-0.25, -0.2) is 4.79 Å². The first-order chi connectivity index (χ1) is 15.7. The second kappa shape index (κ2) is 14.3. The van der Waals surface area contributed by atoms with Crippen molar-refractivity contribution < 1.29 is 35.4 Å². The molecule has 2 aromatic rings. The number of fused-ring (bicyclic) bond motifs is 1. The summed E-state index contributed by atoms with van der Waals surface area (Å²) >= 11 is 0.